The summed E-state index contributed by atoms with van der Waals surface area (Å²) < 4.78 is 73.8. The number of hydrogen-bond acceptors (Lipinski definition) is 14. The molecule has 2 saturated heterocycles. The molecule has 2 bridgehead atoms. The highest BCUT2D eigenvalue weighted by molar-refractivity contribution is 7.89. The Labute approximate surface area is 366 Å². The van der Waals surface area contributed by atoms with E-state index in [1.807, 2.05) is 111 Å². The number of methoxy groups -OCH3 is 2. The number of carbonyl (C=O) groups is 1. The van der Waals surface area contributed by atoms with E-state index in [0.29, 0.717) is 22.6 Å². The van der Waals surface area contributed by atoms with E-state index in [1.165, 1.54) is 17.8 Å². The van der Waals surface area contributed by atoms with Crippen LogP contribution < -0.4 is 25.1 Å². The molecule has 4 heterocycles. The third-order valence-electron chi connectivity index (χ3n) is 10.8. The summed E-state index contributed by atoms with van der Waals surface area (Å²) >= 11 is 0. The van der Waals surface area contributed by atoms with Crippen LogP contribution in [0, 0.1) is 11.3 Å². The lowest BCUT2D eigenvalue weighted by molar-refractivity contribution is -0.145. The largest absolute Gasteiger partial charge is 0.497 e. The summed E-state index contributed by atoms with van der Waals surface area (Å²) in [6, 6.07) is 25.1. The third kappa shape index (κ3) is 9.22. The van der Waals surface area contributed by atoms with Crippen molar-refractivity contribution in [1.82, 2.24) is 28.9 Å². The molecule has 3 N–H and O–H groups in total. The van der Waals surface area contributed by atoms with E-state index >= 15 is 0 Å². The van der Waals surface area contributed by atoms with Gasteiger partial charge in [-0.3, -0.25) is 24.5 Å². The number of sulfonamides is 1. The van der Waals surface area contributed by atoms with Gasteiger partial charge in [-0.25, -0.2) is 22.8 Å². The van der Waals surface area contributed by atoms with Gasteiger partial charge in [0.1, 0.15) is 28.8 Å². The smallest absolute Gasteiger partial charge is 0.280 e. The average Bonchev–Trinajstić information content (AvgIpc) is 3.75. The first-order valence-electron chi connectivity index (χ1n) is 20.3. The number of aromatic amines is 1. The number of nitrogens with one attached hydrogen (secondary N) is 3. The van der Waals surface area contributed by atoms with E-state index in [1.54, 1.807) is 14.2 Å². The van der Waals surface area contributed by atoms with Crippen molar-refractivity contribution in [3.63, 3.8) is 0 Å². The van der Waals surface area contributed by atoms with Crippen LogP contribution in [0.5, 0.6) is 11.5 Å². The molecule has 20 heteroatoms. The first-order valence-corrected chi connectivity index (χ1v) is 23.1. The van der Waals surface area contributed by atoms with Crippen molar-refractivity contribution in [2.45, 2.75) is 82.7 Å². The second kappa shape index (κ2) is 18.8. The summed E-state index contributed by atoms with van der Waals surface area (Å²) in [5, 5.41) is 12.0. The van der Waals surface area contributed by atoms with Crippen LogP contribution >= 0.6 is 8.53 Å². The van der Waals surface area contributed by atoms with Crippen LogP contribution in [0.1, 0.15) is 64.0 Å². The van der Waals surface area contributed by atoms with Gasteiger partial charge in [-0.2, -0.15) is 10.2 Å². The third-order valence-corrected chi connectivity index (χ3v) is 14.4. The van der Waals surface area contributed by atoms with E-state index in [-0.39, 0.29) is 48.8 Å². The number of rotatable bonds is 18. The standard InChI is InChI=1S/C43H51N8O10PS/c1-27(2)51(28(3)4)62(59-23-11-22-44)61-37-35-40(50-26-45-36-38(50)47-41(46-29(5)52)48-39(36)53)60-42(37,25-63(54,55)49-35)24-58-43(30-12-9-8-10-13-30,31-14-18-33(56-6)19-15-31)32-16-20-34(57-7)21-17-32/h8-10,12-21,26-28,35,37,40,49H,11,23-25H2,1-7H3,(H2,46,47,48,52,53)/t35-,37+,40-,42+,62?/m1/s1. The molecule has 5 aromatic rings. The highest BCUT2D eigenvalue weighted by Gasteiger charge is 2.65. The molecular weight excluding hydrogens is 852 g/mol. The van der Waals surface area contributed by atoms with Crippen molar-refractivity contribution < 1.29 is 41.2 Å². The van der Waals surface area contributed by atoms with Gasteiger partial charge in [0, 0.05) is 19.0 Å². The fourth-order valence-corrected chi connectivity index (χ4v) is 11.8. The first-order chi connectivity index (χ1) is 30.1. The van der Waals surface area contributed by atoms with Crippen LogP contribution in [0.2, 0.25) is 0 Å². The maximum Gasteiger partial charge on any atom is 0.280 e. The van der Waals surface area contributed by atoms with Crippen molar-refractivity contribution in [2.24, 2.45) is 0 Å². The minimum absolute atomic E-state index is 0.0164. The lowest BCUT2D eigenvalue weighted by Crippen LogP contribution is -2.63. The van der Waals surface area contributed by atoms with Gasteiger partial charge < -0.3 is 28.0 Å². The van der Waals surface area contributed by atoms with E-state index in [4.69, 9.17) is 28.0 Å². The van der Waals surface area contributed by atoms with E-state index < -0.39 is 65.3 Å². The Kier molecular flexibility index (Phi) is 13.7. The molecule has 2 aliphatic heterocycles. The normalized spacial score (nSPS) is 21.1. The van der Waals surface area contributed by atoms with Gasteiger partial charge in [-0.15, -0.1) is 0 Å². The topological polar surface area (TPSA) is 221 Å². The lowest BCUT2D eigenvalue weighted by atomic mass is 9.79. The number of anilines is 1. The monoisotopic (exact) mass is 902 g/mol. The highest BCUT2D eigenvalue weighted by atomic mass is 32.2. The number of nitriles is 1. The van der Waals surface area contributed by atoms with Crippen molar-refractivity contribution >= 4 is 41.6 Å². The predicted molar refractivity (Wildman–Crippen MR) is 234 cm³/mol. The number of hydrogen-bond donors (Lipinski definition) is 3. The maximum atomic E-state index is 14.2. The van der Waals surface area contributed by atoms with Crippen molar-refractivity contribution in [1.29, 1.82) is 5.26 Å². The molecule has 63 heavy (non-hydrogen) atoms. The Morgan fingerprint density at radius 1 is 1.02 bits per heavy atom. The summed E-state index contributed by atoms with van der Waals surface area (Å²) in [7, 11) is -2.97. The quantitative estimate of drug-likeness (QED) is 0.0575. The summed E-state index contributed by atoms with van der Waals surface area (Å²) in [4.78, 5) is 36.7. The fourth-order valence-electron chi connectivity index (χ4n) is 8.25. The van der Waals surface area contributed by atoms with E-state index in [0.717, 1.165) is 5.56 Å². The Bertz CT molecular complexity index is 2550. The van der Waals surface area contributed by atoms with Gasteiger partial charge in [0.05, 0.1) is 58.0 Å². The number of H-pyrrole nitrogens is 1. The van der Waals surface area contributed by atoms with Crippen LogP contribution in [0.3, 0.4) is 0 Å². The minimum atomic E-state index is -4.15. The zero-order valence-electron chi connectivity index (χ0n) is 36.0. The molecule has 1 amide bonds. The molecule has 7 rings (SSSR count). The van der Waals surface area contributed by atoms with Crippen LogP contribution in [0.15, 0.2) is 90.0 Å². The molecule has 334 valence electrons. The highest BCUT2D eigenvalue weighted by Crippen LogP contribution is 2.55. The van der Waals surface area contributed by atoms with Gasteiger partial charge in [0.15, 0.2) is 17.4 Å². The summed E-state index contributed by atoms with van der Waals surface area (Å²) in [6.45, 7) is 8.92. The maximum absolute atomic E-state index is 14.2. The van der Waals surface area contributed by atoms with Gasteiger partial charge in [0.25, 0.3) is 14.1 Å². The number of nitrogens with zero attached hydrogens (tertiary/aromatic N) is 5. The average molecular weight is 903 g/mol. The molecule has 2 aromatic heterocycles. The summed E-state index contributed by atoms with van der Waals surface area (Å²) in [6.07, 6.45) is -0.925. The van der Waals surface area contributed by atoms with Crippen molar-refractivity contribution in [3.8, 4) is 17.6 Å². The first kappa shape index (κ1) is 45.7. The van der Waals surface area contributed by atoms with Gasteiger partial charge in [0.2, 0.25) is 21.9 Å². The van der Waals surface area contributed by atoms with Crippen molar-refractivity contribution in [2.75, 3.05) is 38.5 Å². The number of imidazole rings is 1. The van der Waals surface area contributed by atoms with Gasteiger partial charge >= 0.3 is 0 Å². The molecule has 2 fully saturated rings. The molecule has 3 aromatic carbocycles. The molecule has 5 atom stereocenters. The van der Waals surface area contributed by atoms with Gasteiger partial charge in [-0.05, 0) is 68.7 Å². The summed E-state index contributed by atoms with van der Waals surface area (Å²) in [5.41, 5.74) is -1.77. The Morgan fingerprint density at radius 3 is 2.17 bits per heavy atom. The number of aromatic nitrogens is 4. The number of amides is 1. The van der Waals surface area contributed by atoms with Gasteiger partial charge in [-0.1, -0.05) is 54.6 Å². The zero-order chi connectivity index (χ0) is 45.1. The second-order valence-corrected chi connectivity index (χ2v) is 18.9. The number of fused-ring (bicyclic) bond motifs is 3. The molecule has 0 saturated carbocycles. The molecule has 18 nitrogen and oxygen atoms in total. The van der Waals surface area contributed by atoms with Crippen LogP contribution in [0.4, 0.5) is 5.95 Å². The molecular formula is C43H51N8O10PS. The number of ether oxygens (including phenoxy) is 4. The molecule has 2 aliphatic rings. The Morgan fingerprint density at radius 2 is 1.62 bits per heavy atom. The predicted octanol–water partition coefficient (Wildman–Crippen LogP) is 5.33. The van der Waals surface area contributed by atoms with Crippen LogP contribution in [0.25, 0.3) is 11.2 Å². The van der Waals surface area contributed by atoms with E-state index in [2.05, 4.69) is 31.1 Å². The zero-order valence-corrected chi connectivity index (χ0v) is 37.7. The fraction of sp³-hybridized carbons (Fsp3) is 0.419. The molecule has 0 radical (unpaired) electrons. The second-order valence-electron chi connectivity index (χ2n) is 15.8. The Balaban J connectivity index is 1.44. The van der Waals surface area contributed by atoms with Crippen LogP contribution in [-0.2, 0) is 38.9 Å². The van der Waals surface area contributed by atoms with E-state index in [9.17, 15) is 23.3 Å². The van der Waals surface area contributed by atoms with Crippen LogP contribution in [-0.4, -0.2) is 102 Å². The lowest BCUT2D eigenvalue weighted by Gasteiger charge is -2.44. The minimum Gasteiger partial charge on any atom is -0.497 e. The summed E-state index contributed by atoms with van der Waals surface area (Å²) in [5.74, 6) is -0.00382. The SMILES string of the molecule is COc1ccc(C(OC[C@@]23CS(=O)(=O)N[C@@H]([C@H](n4cnc5c(=O)[nH]c(NC(C)=O)nc54)O2)[C@@H]3OP(OCCC#N)N(C(C)C)C(C)C)(c2ccccc2)c2ccc(OC)cc2)cc1. The number of carbonyl (C=O) groups excluding carboxylic acids is 1. The number of benzene rings is 3. The van der Waals surface area contributed by atoms with Crippen molar-refractivity contribution in [3.05, 3.63) is 112 Å². The molecule has 0 aliphatic carbocycles. The molecule has 0 spiro atoms. The Hall–Kier alpha value is -5.29. The molecule has 1 unspecified atom stereocenters.